The Balaban J connectivity index is 0.997. The van der Waals surface area contributed by atoms with Crippen LogP contribution in [-0.2, 0) is 19.6 Å². The zero-order valence-electron chi connectivity index (χ0n) is 25.6. The Morgan fingerprint density at radius 3 is 2.27 bits per heavy atom. The predicted octanol–water partition coefficient (Wildman–Crippen LogP) is 9.12. The van der Waals surface area contributed by atoms with Crippen LogP contribution in [0.1, 0.15) is 65.3 Å². The first kappa shape index (κ1) is 28.8. The van der Waals surface area contributed by atoms with Crippen LogP contribution in [0, 0.1) is 0 Å². The van der Waals surface area contributed by atoms with Crippen molar-refractivity contribution >= 4 is 11.0 Å². The van der Waals surface area contributed by atoms with E-state index in [-0.39, 0.29) is 5.92 Å². The summed E-state index contributed by atoms with van der Waals surface area (Å²) < 4.78 is 14.4. The summed E-state index contributed by atoms with van der Waals surface area (Å²) in [7, 11) is 0. The van der Waals surface area contributed by atoms with E-state index in [9.17, 15) is 0 Å². The maximum absolute atomic E-state index is 6.20. The Hall–Kier alpha value is -4.90. The van der Waals surface area contributed by atoms with E-state index in [1.807, 2.05) is 28.9 Å². The lowest BCUT2D eigenvalue weighted by molar-refractivity contribution is 0.303. The third-order valence-electron chi connectivity index (χ3n) is 9.00. The molecule has 0 fully saturated rings. The molecule has 0 radical (unpaired) electrons. The van der Waals surface area contributed by atoms with Crippen molar-refractivity contribution in [3.05, 3.63) is 155 Å². The summed E-state index contributed by atoms with van der Waals surface area (Å²) in [6.07, 6.45) is 5.29. The highest BCUT2D eigenvalue weighted by Gasteiger charge is 2.32. The summed E-state index contributed by atoms with van der Waals surface area (Å²) >= 11 is 0. The minimum atomic E-state index is 0.279. The van der Waals surface area contributed by atoms with Gasteiger partial charge in [-0.15, -0.1) is 5.10 Å². The molecule has 6 aromatic rings. The van der Waals surface area contributed by atoms with E-state index in [0.717, 1.165) is 61.2 Å². The molecule has 45 heavy (non-hydrogen) atoms. The lowest BCUT2D eigenvalue weighted by atomic mass is 9.69. The van der Waals surface area contributed by atoms with E-state index < -0.39 is 0 Å². The number of rotatable bonds is 12. The van der Waals surface area contributed by atoms with Crippen molar-refractivity contribution in [3.8, 4) is 11.5 Å². The standard InChI is InChI=1S/C40H39N3O2/c1-4-12-30(13-5-1)29-45-35-23-25-37-33(28-35)20-24-36(31-14-6-2-7-15-31)40(37)32-18-21-34(22-19-32)44-27-11-3-10-26-43-39-17-9-8-16-38(39)41-42-43/h1-2,4-9,12-19,21-23,25,28,36,40H,3,10-11,20,24,26-27,29H2. The number of aryl methyl sites for hydroxylation is 2. The van der Waals surface area contributed by atoms with Crippen LogP contribution in [0.4, 0.5) is 0 Å². The summed E-state index contributed by atoms with van der Waals surface area (Å²) in [5.74, 6) is 2.57. The molecule has 7 rings (SSSR count). The number of para-hydroxylation sites is 1. The number of fused-ring (bicyclic) bond motifs is 2. The third-order valence-corrected chi connectivity index (χ3v) is 9.00. The zero-order chi connectivity index (χ0) is 30.3. The molecule has 2 unspecified atom stereocenters. The minimum absolute atomic E-state index is 0.279. The molecule has 0 saturated heterocycles. The summed E-state index contributed by atoms with van der Waals surface area (Å²) in [4.78, 5) is 0. The first-order valence-corrected chi connectivity index (χ1v) is 16.2. The minimum Gasteiger partial charge on any atom is -0.494 e. The Kier molecular flexibility index (Phi) is 8.86. The predicted molar refractivity (Wildman–Crippen MR) is 180 cm³/mol. The van der Waals surface area contributed by atoms with Crippen molar-refractivity contribution in [2.75, 3.05) is 6.61 Å². The normalized spacial score (nSPS) is 15.9. The second-order valence-corrected chi connectivity index (χ2v) is 11.9. The second kappa shape index (κ2) is 13.8. The number of hydrogen-bond donors (Lipinski definition) is 0. The molecule has 0 amide bonds. The number of nitrogens with zero attached hydrogens (tertiary/aromatic N) is 3. The highest BCUT2D eigenvalue weighted by atomic mass is 16.5. The van der Waals surface area contributed by atoms with Gasteiger partial charge in [0.2, 0.25) is 0 Å². The molecular weight excluding hydrogens is 554 g/mol. The van der Waals surface area contributed by atoms with E-state index in [1.165, 1.54) is 27.8 Å². The average Bonchev–Trinajstić information content (AvgIpc) is 3.52. The van der Waals surface area contributed by atoms with Crippen LogP contribution in [0.3, 0.4) is 0 Å². The maximum atomic E-state index is 6.20. The molecule has 2 atom stereocenters. The number of aromatic nitrogens is 3. The van der Waals surface area contributed by atoms with Gasteiger partial charge in [0.25, 0.3) is 0 Å². The van der Waals surface area contributed by atoms with Crippen LogP contribution >= 0.6 is 0 Å². The van der Waals surface area contributed by atoms with Gasteiger partial charge in [-0.05, 0) is 102 Å². The highest BCUT2D eigenvalue weighted by molar-refractivity contribution is 5.73. The molecule has 0 N–H and O–H groups in total. The summed E-state index contributed by atoms with van der Waals surface area (Å²) in [5.41, 5.74) is 8.74. The zero-order valence-corrected chi connectivity index (χ0v) is 25.6. The number of unbranched alkanes of at least 4 members (excludes halogenated alkanes) is 2. The summed E-state index contributed by atoms with van der Waals surface area (Å²) in [6.45, 7) is 2.17. The van der Waals surface area contributed by atoms with Crippen LogP contribution in [0.15, 0.2) is 127 Å². The van der Waals surface area contributed by atoms with Crippen molar-refractivity contribution in [2.24, 2.45) is 0 Å². The molecule has 1 aliphatic carbocycles. The molecule has 5 aromatic carbocycles. The highest BCUT2D eigenvalue weighted by Crippen LogP contribution is 2.47. The van der Waals surface area contributed by atoms with Crippen molar-refractivity contribution in [1.29, 1.82) is 0 Å². The van der Waals surface area contributed by atoms with Gasteiger partial charge >= 0.3 is 0 Å². The second-order valence-electron chi connectivity index (χ2n) is 11.9. The lowest BCUT2D eigenvalue weighted by Gasteiger charge is -2.35. The summed E-state index contributed by atoms with van der Waals surface area (Å²) in [6, 6.07) is 45.0. The lowest BCUT2D eigenvalue weighted by Crippen LogP contribution is -2.20. The van der Waals surface area contributed by atoms with Gasteiger partial charge in [0.15, 0.2) is 0 Å². The van der Waals surface area contributed by atoms with Gasteiger partial charge in [0, 0.05) is 12.5 Å². The fourth-order valence-corrected chi connectivity index (χ4v) is 6.68. The Labute approximate surface area is 265 Å². The molecule has 226 valence electrons. The molecule has 1 heterocycles. The van der Waals surface area contributed by atoms with E-state index in [4.69, 9.17) is 9.47 Å². The van der Waals surface area contributed by atoms with Crippen molar-refractivity contribution < 1.29 is 9.47 Å². The van der Waals surface area contributed by atoms with Crippen LogP contribution in [0.2, 0.25) is 0 Å². The smallest absolute Gasteiger partial charge is 0.120 e. The molecule has 0 saturated carbocycles. The number of benzene rings is 5. The number of ether oxygens (including phenoxy) is 2. The largest absolute Gasteiger partial charge is 0.494 e. The Morgan fingerprint density at radius 1 is 0.667 bits per heavy atom. The SMILES string of the molecule is c1ccc(COc2ccc3c(c2)CCC(c2ccccc2)C3c2ccc(OCCCCCn3nnc4ccccc43)cc2)cc1. The molecule has 1 aromatic heterocycles. The van der Waals surface area contributed by atoms with Gasteiger partial charge in [0.05, 0.1) is 12.1 Å². The van der Waals surface area contributed by atoms with Crippen molar-refractivity contribution in [2.45, 2.75) is 57.1 Å². The monoisotopic (exact) mass is 593 g/mol. The quantitative estimate of drug-likeness (QED) is 0.133. The molecule has 0 aliphatic heterocycles. The average molecular weight is 594 g/mol. The topological polar surface area (TPSA) is 49.2 Å². The van der Waals surface area contributed by atoms with Crippen LogP contribution in [0.25, 0.3) is 11.0 Å². The van der Waals surface area contributed by atoms with E-state index >= 15 is 0 Å². The molecule has 0 spiro atoms. The van der Waals surface area contributed by atoms with Crippen molar-refractivity contribution in [3.63, 3.8) is 0 Å². The summed E-state index contributed by atoms with van der Waals surface area (Å²) in [5, 5.41) is 8.55. The van der Waals surface area contributed by atoms with Crippen molar-refractivity contribution in [1.82, 2.24) is 15.0 Å². The molecule has 0 bridgehead atoms. The first-order chi connectivity index (χ1) is 22.3. The van der Waals surface area contributed by atoms with Crippen LogP contribution in [0.5, 0.6) is 11.5 Å². The van der Waals surface area contributed by atoms with E-state index in [1.54, 1.807) is 0 Å². The third kappa shape index (κ3) is 6.78. The van der Waals surface area contributed by atoms with Gasteiger partial charge in [-0.2, -0.15) is 0 Å². The van der Waals surface area contributed by atoms with Gasteiger partial charge < -0.3 is 9.47 Å². The molecule has 5 nitrogen and oxygen atoms in total. The fraction of sp³-hybridized carbons (Fsp3) is 0.250. The van der Waals surface area contributed by atoms with E-state index in [2.05, 4.69) is 113 Å². The van der Waals surface area contributed by atoms with Crippen LogP contribution < -0.4 is 9.47 Å². The van der Waals surface area contributed by atoms with Gasteiger partial charge in [0.1, 0.15) is 23.6 Å². The Bertz CT molecular complexity index is 1820. The van der Waals surface area contributed by atoms with E-state index in [0.29, 0.717) is 19.1 Å². The van der Waals surface area contributed by atoms with Crippen LogP contribution in [-0.4, -0.2) is 21.6 Å². The molecular formula is C40H39N3O2. The van der Waals surface area contributed by atoms with Gasteiger partial charge in [-0.1, -0.05) is 96.2 Å². The maximum Gasteiger partial charge on any atom is 0.120 e. The molecule has 1 aliphatic rings. The molecule has 5 heteroatoms. The number of hydrogen-bond acceptors (Lipinski definition) is 4. The Morgan fingerprint density at radius 2 is 1.42 bits per heavy atom. The fourth-order valence-electron chi connectivity index (χ4n) is 6.68. The van der Waals surface area contributed by atoms with Gasteiger partial charge in [-0.25, -0.2) is 4.68 Å². The van der Waals surface area contributed by atoms with Gasteiger partial charge in [-0.3, -0.25) is 0 Å². The first-order valence-electron chi connectivity index (χ1n) is 16.2.